The van der Waals surface area contributed by atoms with Crippen LogP contribution >= 0.6 is 27.3 Å². The number of thiophene rings is 1. The first kappa shape index (κ1) is 30.2. The van der Waals surface area contributed by atoms with Gasteiger partial charge in [0.1, 0.15) is 23.7 Å². The first-order valence-electron chi connectivity index (χ1n) is 14.4. The maximum absolute atomic E-state index is 13.9. The molecule has 2 aromatic heterocycles. The molecule has 2 heterocycles. The van der Waals surface area contributed by atoms with Gasteiger partial charge >= 0.3 is 5.97 Å². The lowest BCUT2D eigenvalue weighted by molar-refractivity contribution is -0.141. The van der Waals surface area contributed by atoms with E-state index in [0.29, 0.717) is 18.2 Å². The number of aromatic nitrogens is 1. The molecule has 0 atom stereocenters. The highest BCUT2D eigenvalue weighted by Crippen LogP contribution is 2.34. The molecule has 0 saturated heterocycles. The van der Waals surface area contributed by atoms with Gasteiger partial charge in [0.25, 0.3) is 5.91 Å². The van der Waals surface area contributed by atoms with Crippen LogP contribution in [0.4, 0.5) is 0 Å². The average Bonchev–Trinajstić information content (AvgIpc) is 3.63. The number of benzene rings is 2. The van der Waals surface area contributed by atoms with Crippen molar-refractivity contribution in [2.45, 2.75) is 64.8 Å². The zero-order valence-electron chi connectivity index (χ0n) is 24.6. The van der Waals surface area contributed by atoms with Crippen LogP contribution in [0.25, 0.3) is 10.8 Å². The maximum Gasteiger partial charge on any atom is 0.325 e. The van der Waals surface area contributed by atoms with Gasteiger partial charge in [-0.05, 0) is 81.0 Å². The molecule has 0 aliphatic heterocycles. The Morgan fingerprint density at radius 2 is 1.74 bits per heavy atom. The SMILES string of the molecule is COC(=O)CN(Cc1cc(Br)cs1)C(=O)c1cc2ccc(Oc3ccc(C(C)(C)C)cc3)cc2c(CC2CCCC2)n1. The molecule has 0 spiro atoms. The minimum atomic E-state index is -0.469. The second-order valence-electron chi connectivity index (χ2n) is 12.0. The molecular formula is C34H37BrN2O4S. The van der Waals surface area contributed by atoms with E-state index >= 15 is 0 Å². The average molecular weight is 650 g/mol. The lowest BCUT2D eigenvalue weighted by atomic mass is 9.87. The Morgan fingerprint density at radius 1 is 1.02 bits per heavy atom. The Labute approximate surface area is 260 Å². The van der Waals surface area contributed by atoms with E-state index in [-0.39, 0.29) is 17.9 Å². The summed E-state index contributed by atoms with van der Waals surface area (Å²) < 4.78 is 12.1. The monoisotopic (exact) mass is 648 g/mol. The van der Waals surface area contributed by atoms with Crippen molar-refractivity contribution in [3.8, 4) is 11.5 Å². The minimum absolute atomic E-state index is 0.0739. The van der Waals surface area contributed by atoms with Crippen molar-refractivity contribution in [3.63, 3.8) is 0 Å². The van der Waals surface area contributed by atoms with Gasteiger partial charge in [-0.1, -0.05) is 64.7 Å². The molecular weight excluding hydrogens is 612 g/mol. The van der Waals surface area contributed by atoms with Crippen LogP contribution in [0.5, 0.6) is 11.5 Å². The van der Waals surface area contributed by atoms with Crippen LogP contribution < -0.4 is 4.74 Å². The number of carbonyl (C=O) groups is 2. The molecule has 1 saturated carbocycles. The zero-order chi connectivity index (χ0) is 29.9. The minimum Gasteiger partial charge on any atom is -0.468 e. The van der Waals surface area contributed by atoms with Crippen molar-refractivity contribution in [1.82, 2.24) is 9.88 Å². The van der Waals surface area contributed by atoms with Gasteiger partial charge in [-0.25, -0.2) is 4.98 Å². The predicted octanol–water partition coefficient (Wildman–Crippen LogP) is 8.70. The molecule has 4 aromatic rings. The molecule has 2 aromatic carbocycles. The van der Waals surface area contributed by atoms with Gasteiger partial charge in [0, 0.05) is 25.8 Å². The number of fused-ring (bicyclic) bond motifs is 1. The maximum atomic E-state index is 13.9. The number of hydrogen-bond acceptors (Lipinski definition) is 6. The van der Waals surface area contributed by atoms with Crippen molar-refractivity contribution in [2.24, 2.45) is 5.92 Å². The van der Waals surface area contributed by atoms with Crippen LogP contribution in [0.1, 0.15) is 73.1 Å². The lowest BCUT2D eigenvalue weighted by Gasteiger charge is -2.21. The summed E-state index contributed by atoms with van der Waals surface area (Å²) in [6, 6.07) is 18.0. The first-order chi connectivity index (χ1) is 20.1. The molecule has 1 fully saturated rings. The summed E-state index contributed by atoms with van der Waals surface area (Å²) in [6.07, 6.45) is 5.59. The molecule has 6 nitrogen and oxygen atoms in total. The Kier molecular flexibility index (Phi) is 9.33. The fourth-order valence-electron chi connectivity index (χ4n) is 5.48. The number of methoxy groups -OCH3 is 1. The van der Waals surface area contributed by atoms with E-state index < -0.39 is 5.97 Å². The summed E-state index contributed by atoms with van der Waals surface area (Å²) in [5.41, 5.74) is 2.56. The van der Waals surface area contributed by atoms with Gasteiger partial charge in [0.15, 0.2) is 0 Å². The predicted molar refractivity (Wildman–Crippen MR) is 171 cm³/mol. The summed E-state index contributed by atoms with van der Waals surface area (Å²) in [5.74, 6) is 1.28. The zero-order valence-corrected chi connectivity index (χ0v) is 27.0. The van der Waals surface area contributed by atoms with Crippen molar-refractivity contribution in [2.75, 3.05) is 13.7 Å². The van der Waals surface area contributed by atoms with Gasteiger partial charge in [-0.2, -0.15) is 0 Å². The smallest absolute Gasteiger partial charge is 0.325 e. The molecule has 1 aliphatic rings. The van der Waals surface area contributed by atoms with E-state index in [4.69, 9.17) is 14.5 Å². The second-order valence-corrected chi connectivity index (χ2v) is 13.9. The summed E-state index contributed by atoms with van der Waals surface area (Å²) in [4.78, 5) is 33.6. The quantitative estimate of drug-likeness (QED) is 0.170. The number of amides is 1. The third-order valence-corrected chi connectivity index (χ3v) is 9.50. The van der Waals surface area contributed by atoms with Crippen LogP contribution in [-0.4, -0.2) is 35.4 Å². The third-order valence-electron chi connectivity index (χ3n) is 7.82. The van der Waals surface area contributed by atoms with Crippen LogP contribution in [0.3, 0.4) is 0 Å². The third kappa shape index (κ3) is 7.39. The number of halogens is 1. The molecule has 42 heavy (non-hydrogen) atoms. The largest absolute Gasteiger partial charge is 0.468 e. The Morgan fingerprint density at radius 3 is 2.38 bits per heavy atom. The van der Waals surface area contributed by atoms with E-state index in [1.807, 2.05) is 47.8 Å². The summed E-state index contributed by atoms with van der Waals surface area (Å²) >= 11 is 5.01. The van der Waals surface area contributed by atoms with Gasteiger partial charge < -0.3 is 14.4 Å². The topological polar surface area (TPSA) is 68.7 Å². The van der Waals surface area contributed by atoms with Crippen LogP contribution in [0, 0.1) is 5.92 Å². The van der Waals surface area contributed by atoms with Gasteiger partial charge in [-0.15, -0.1) is 11.3 Å². The molecule has 5 rings (SSSR count). The lowest BCUT2D eigenvalue weighted by Crippen LogP contribution is -2.36. The van der Waals surface area contributed by atoms with Gasteiger partial charge in [-0.3, -0.25) is 9.59 Å². The number of pyridine rings is 1. The van der Waals surface area contributed by atoms with Crippen molar-refractivity contribution < 1.29 is 19.1 Å². The Bertz CT molecular complexity index is 1570. The van der Waals surface area contributed by atoms with E-state index in [1.54, 1.807) is 0 Å². The molecule has 220 valence electrons. The molecule has 1 amide bonds. The fourth-order valence-corrected chi connectivity index (χ4v) is 6.94. The number of carbonyl (C=O) groups excluding carboxylic acids is 2. The highest BCUT2D eigenvalue weighted by Gasteiger charge is 2.25. The van der Waals surface area contributed by atoms with Crippen molar-refractivity contribution in [3.05, 3.63) is 86.3 Å². The summed E-state index contributed by atoms with van der Waals surface area (Å²) in [6.45, 7) is 6.73. The molecule has 0 N–H and O–H groups in total. The molecule has 0 radical (unpaired) electrons. The number of rotatable bonds is 9. The van der Waals surface area contributed by atoms with Crippen molar-refractivity contribution >= 4 is 49.9 Å². The van der Waals surface area contributed by atoms with E-state index in [1.165, 1.54) is 54.6 Å². The van der Waals surface area contributed by atoms with E-state index in [9.17, 15) is 9.59 Å². The number of esters is 1. The Balaban J connectivity index is 1.48. The second kappa shape index (κ2) is 13.0. The molecule has 8 heteroatoms. The van der Waals surface area contributed by atoms with Crippen LogP contribution in [0.15, 0.2) is 64.5 Å². The number of hydrogen-bond donors (Lipinski definition) is 0. The fraction of sp³-hybridized carbons (Fsp3) is 0.382. The number of nitrogens with zero attached hydrogens (tertiary/aromatic N) is 2. The highest BCUT2D eigenvalue weighted by atomic mass is 79.9. The Hall–Kier alpha value is -3.23. The van der Waals surface area contributed by atoms with E-state index in [2.05, 4.69) is 48.8 Å². The normalized spacial score (nSPS) is 13.8. The first-order valence-corrected chi connectivity index (χ1v) is 16.1. The number of ether oxygens (including phenoxy) is 2. The van der Waals surface area contributed by atoms with E-state index in [0.717, 1.165) is 43.7 Å². The summed E-state index contributed by atoms with van der Waals surface area (Å²) in [7, 11) is 1.33. The molecule has 0 bridgehead atoms. The molecule has 1 aliphatic carbocycles. The highest BCUT2D eigenvalue weighted by molar-refractivity contribution is 9.10. The van der Waals surface area contributed by atoms with Crippen LogP contribution in [0.2, 0.25) is 0 Å². The van der Waals surface area contributed by atoms with Crippen molar-refractivity contribution in [1.29, 1.82) is 0 Å². The van der Waals surface area contributed by atoms with Gasteiger partial charge in [0.05, 0.1) is 13.7 Å². The summed E-state index contributed by atoms with van der Waals surface area (Å²) in [5, 5.41) is 3.88. The van der Waals surface area contributed by atoms with Crippen LogP contribution in [-0.2, 0) is 27.9 Å². The molecule has 0 unspecified atom stereocenters. The van der Waals surface area contributed by atoms with Gasteiger partial charge in [0.2, 0.25) is 0 Å². The standard InChI is InChI=1S/C34H37BrN2O4S/c1-34(2,3)24-10-13-26(14-11-24)41-27-12-9-23-16-31(36-30(29(23)18-27)15-22-7-5-6-8-22)33(39)37(20-32(38)40-4)19-28-17-25(35)21-42-28/h9-14,16-18,21-22H,5-8,15,19-20H2,1-4H3.